The van der Waals surface area contributed by atoms with Crippen molar-refractivity contribution in [1.82, 2.24) is 0 Å². The van der Waals surface area contributed by atoms with Gasteiger partial charge in [0.15, 0.2) is 0 Å². The first kappa shape index (κ1) is 12.0. The average Bonchev–Trinajstić information content (AvgIpc) is 3.10. The molecular formula is C15H29N2+. The van der Waals surface area contributed by atoms with Crippen molar-refractivity contribution >= 4 is 0 Å². The van der Waals surface area contributed by atoms with Crippen LogP contribution >= 0.6 is 0 Å². The Morgan fingerprint density at radius 1 is 0.529 bits per heavy atom. The SMILES string of the molecule is N[N+](C1CCCC1)(C1CCCC1)C1CCCC1. The summed E-state index contributed by atoms with van der Waals surface area (Å²) in [5, 5.41) is 0. The molecular weight excluding hydrogens is 208 g/mol. The quantitative estimate of drug-likeness (QED) is 0.454. The van der Waals surface area contributed by atoms with Crippen LogP contribution in [0.3, 0.4) is 0 Å². The summed E-state index contributed by atoms with van der Waals surface area (Å²) >= 11 is 0. The average molecular weight is 237 g/mol. The molecule has 0 spiro atoms. The second kappa shape index (κ2) is 4.89. The lowest BCUT2D eigenvalue weighted by atomic mass is 10.0. The Morgan fingerprint density at radius 2 is 0.765 bits per heavy atom. The molecule has 17 heavy (non-hydrogen) atoms. The highest BCUT2D eigenvalue weighted by Crippen LogP contribution is 2.41. The van der Waals surface area contributed by atoms with E-state index < -0.39 is 0 Å². The summed E-state index contributed by atoms with van der Waals surface area (Å²) in [5.74, 6) is 7.05. The molecule has 0 saturated heterocycles. The fraction of sp³-hybridized carbons (Fsp3) is 1.00. The molecule has 0 aromatic carbocycles. The van der Waals surface area contributed by atoms with Crippen molar-refractivity contribution in [1.29, 1.82) is 0 Å². The number of nitrogens with zero attached hydrogens (tertiary/aromatic N) is 1. The zero-order valence-electron chi connectivity index (χ0n) is 11.2. The van der Waals surface area contributed by atoms with Gasteiger partial charge in [-0.2, -0.15) is 5.84 Å². The van der Waals surface area contributed by atoms with E-state index >= 15 is 0 Å². The van der Waals surface area contributed by atoms with Gasteiger partial charge in [-0.3, -0.25) is 0 Å². The molecule has 2 heteroatoms. The van der Waals surface area contributed by atoms with E-state index in [0.29, 0.717) is 0 Å². The molecule has 2 N–H and O–H groups in total. The molecule has 3 aliphatic carbocycles. The maximum Gasteiger partial charge on any atom is 0.107 e. The number of nitrogens with two attached hydrogens (primary N) is 1. The summed E-state index contributed by atoms with van der Waals surface area (Å²) < 4.78 is 1.00. The minimum Gasteiger partial charge on any atom is -0.241 e. The highest BCUT2D eigenvalue weighted by atomic mass is 15.6. The van der Waals surface area contributed by atoms with Gasteiger partial charge < -0.3 is 0 Å². The van der Waals surface area contributed by atoms with E-state index in [1.165, 1.54) is 77.0 Å². The highest BCUT2D eigenvalue weighted by molar-refractivity contribution is 4.80. The van der Waals surface area contributed by atoms with Gasteiger partial charge in [0.1, 0.15) is 18.1 Å². The van der Waals surface area contributed by atoms with Gasteiger partial charge in [0.2, 0.25) is 0 Å². The van der Waals surface area contributed by atoms with E-state index in [9.17, 15) is 0 Å². The summed E-state index contributed by atoms with van der Waals surface area (Å²) in [5.41, 5.74) is 0. The number of hydrogen-bond donors (Lipinski definition) is 1. The zero-order chi connectivity index (χ0) is 11.7. The lowest BCUT2D eigenvalue weighted by Crippen LogP contribution is -2.69. The van der Waals surface area contributed by atoms with Crippen LogP contribution in [0.1, 0.15) is 77.0 Å². The molecule has 0 amide bonds. The molecule has 98 valence electrons. The van der Waals surface area contributed by atoms with Gasteiger partial charge in [0, 0.05) is 38.5 Å². The van der Waals surface area contributed by atoms with Crippen LogP contribution in [0.15, 0.2) is 0 Å². The Morgan fingerprint density at radius 3 is 1.00 bits per heavy atom. The fourth-order valence-electron chi connectivity index (χ4n) is 4.95. The van der Waals surface area contributed by atoms with Gasteiger partial charge in [0.05, 0.1) is 0 Å². The minimum atomic E-state index is 0.807. The molecule has 3 fully saturated rings. The van der Waals surface area contributed by atoms with Crippen LogP contribution in [-0.4, -0.2) is 22.7 Å². The Hall–Kier alpha value is -0.0800. The van der Waals surface area contributed by atoms with E-state index in [1.54, 1.807) is 0 Å². The fourth-order valence-corrected chi connectivity index (χ4v) is 4.95. The Kier molecular flexibility index (Phi) is 3.45. The van der Waals surface area contributed by atoms with Crippen LogP contribution in [0.5, 0.6) is 0 Å². The van der Waals surface area contributed by atoms with Gasteiger partial charge in [0.25, 0.3) is 0 Å². The lowest BCUT2D eigenvalue weighted by Gasteiger charge is -2.47. The Labute approximate surface area is 106 Å². The molecule has 3 aliphatic rings. The van der Waals surface area contributed by atoms with Gasteiger partial charge in [-0.25, -0.2) is 4.59 Å². The van der Waals surface area contributed by atoms with E-state index in [4.69, 9.17) is 5.84 Å². The molecule has 0 heterocycles. The monoisotopic (exact) mass is 237 g/mol. The molecule has 0 aliphatic heterocycles. The van der Waals surface area contributed by atoms with E-state index in [2.05, 4.69) is 0 Å². The van der Waals surface area contributed by atoms with E-state index in [0.717, 1.165) is 22.7 Å². The molecule has 0 unspecified atom stereocenters. The maximum absolute atomic E-state index is 7.05. The molecule has 0 aromatic heterocycles. The van der Waals surface area contributed by atoms with Crippen LogP contribution < -0.4 is 5.84 Å². The van der Waals surface area contributed by atoms with Crippen LogP contribution in [-0.2, 0) is 0 Å². The molecule has 3 rings (SSSR count). The second-order valence-electron chi connectivity index (χ2n) is 6.71. The molecule has 0 aromatic rings. The summed E-state index contributed by atoms with van der Waals surface area (Å²) in [6, 6.07) is 2.42. The zero-order valence-corrected chi connectivity index (χ0v) is 11.2. The van der Waals surface area contributed by atoms with Gasteiger partial charge in [-0.1, -0.05) is 0 Å². The molecule has 0 atom stereocenters. The largest absolute Gasteiger partial charge is 0.241 e. The summed E-state index contributed by atoms with van der Waals surface area (Å²) in [7, 11) is 0. The van der Waals surface area contributed by atoms with Crippen molar-refractivity contribution in [3.8, 4) is 0 Å². The van der Waals surface area contributed by atoms with Crippen LogP contribution in [0, 0.1) is 0 Å². The number of hydrogen-bond acceptors (Lipinski definition) is 1. The second-order valence-corrected chi connectivity index (χ2v) is 6.71. The van der Waals surface area contributed by atoms with Crippen molar-refractivity contribution in [2.24, 2.45) is 5.84 Å². The van der Waals surface area contributed by atoms with Crippen molar-refractivity contribution in [3.63, 3.8) is 0 Å². The number of quaternary nitrogens is 1. The first-order valence-electron chi connectivity index (χ1n) is 7.98. The molecule has 0 bridgehead atoms. The highest BCUT2D eigenvalue weighted by Gasteiger charge is 2.49. The summed E-state index contributed by atoms with van der Waals surface area (Å²) in [4.78, 5) is 0. The third kappa shape index (κ3) is 2.04. The first-order valence-corrected chi connectivity index (χ1v) is 7.98. The number of rotatable bonds is 3. The molecule has 3 saturated carbocycles. The predicted octanol–water partition coefficient (Wildman–Crippen LogP) is 3.50. The first-order chi connectivity index (χ1) is 8.32. The van der Waals surface area contributed by atoms with Crippen molar-refractivity contribution < 1.29 is 4.59 Å². The smallest absolute Gasteiger partial charge is 0.107 e. The lowest BCUT2D eigenvalue weighted by molar-refractivity contribution is -1.00. The van der Waals surface area contributed by atoms with E-state index in [1.807, 2.05) is 0 Å². The predicted molar refractivity (Wildman–Crippen MR) is 71.2 cm³/mol. The standard InChI is InChI=1S/C15H29N2/c16-17(13-7-1-2-8-13,14-9-3-4-10-14)15-11-5-6-12-15/h13-15H,1-12,16H2/q+1. The Bertz CT molecular complexity index is 205. The normalized spacial score (nSPS) is 29.5. The van der Waals surface area contributed by atoms with E-state index in [-0.39, 0.29) is 0 Å². The maximum atomic E-state index is 7.05. The molecule has 2 nitrogen and oxygen atoms in total. The summed E-state index contributed by atoms with van der Waals surface area (Å²) in [6.45, 7) is 0. The van der Waals surface area contributed by atoms with Crippen LogP contribution in [0.25, 0.3) is 0 Å². The van der Waals surface area contributed by atoms with Crippen LogP contribution in [0.2, 0.25) is 0 Å². The van der Waals surface area contributed by atoms with Crippen molar-refractivity contribution in [3.05, 3.63) is 0 Å². The van der Waals surface area contributed by atoms with Gasteiger partial charge in [-0.05, 0) is 38.5 Å². The van der Waals surface area contributed by atoms with Crippen molar-refractivity contribution in [2.45, 2.75) is 95.2 Å². The van der Waals surface area contributed by atoms with Crippen molar-refractivity contribution in [2.75, 3.05) is 0 Å². The Balaban J connectivity index is 1.81. The molecule has 0 radical (unpaired) electrons. The van der Waals surface area contributed by atoms with Gasteiger partial charge in [-0.15, -0.1) is 0 Å². The third-order valence-corrected chi connectivity index (χ3v) is 5.87. The minimum absolute atomic E-state index is 0.807. The third-order valence-electron chi connectivity index (χ3n) is 5.87. The topological polar surface area (TPSA) is 26.0 Å². The van der Waals surface area contributed by atoms with Gasteiger partial charge >= 0.3 is 0 Å². The summed E-state index contributed by atoms with van der Waals surface area (Å²) in [6.07, 6.45) is 17.0. The van der Waals surface area contributed by atoms with Crippen LogP contribution in [0.4, 0.5) is 0 Å².